The number of aromatic amines is 1. The molecule has 0 spiro atoms. The van der Waals surface area contributed by atoms with Gasteiger partial charge in [0.1, 0.15) is 11.4 Å². The molecule has 1 N–H and O–H groups in total. The van der Waals surface area contributed by atoms with Gasteiger partial charge in [-0.05, 0) is 53.2 Å². The molecule has 4 aromatic rings. The van der Waals surface area contributed by atoms with Crippen LogP contribution in [0.15, 0.2) is 62.7 Å². The van der Waals surface area contributed by atoms with Crippen LogP contribution in [-0.2, 0) is 7.05 Å². The minimum Gasteiger partial charge on any atom is -0.302 e. The summed E-state index contributed by atoms with van der Waals surface area (Å²) in [6, 6.07) is 12.0. The predicted octanol–water partition coefficient (Wildman–Crippen LogP) is 2.71. The number of aryl methyl sites for hydroxylation is 2. The topological polar surface area (TPSA) is 89.8 Å². The van der Waals surface area contributed by atoms with Crippen LogP contribution in [0.25, 0.3) is 16.6 Å². The van der Waals surface area contributed by atoms with Gasteiger partial charge in [0.05, 0.1) is 16.6 Å². The van der Waals surface area contributed by atoms with Gasteiger partial charge in [-0.2, -0.15) is 0 Å². The lowest BCUT2D eigenvalue weighted by molar-refractivity contribution is 0.103. The largest absolute Gasteiger partial charge is 0.302 e. The van der Waals surface area contributed by atoms with E-state index in [9.17, 15) is 14.4 Å². The van der Waals surface area contributed by atoms with Crippen LogP contribution in [0.2, 0.25) is 0 Å². The Morgan fingerprint density at radius 3 is 2.54 bits per heavy atom. The smallest absolute Gasteiger partial charge is 0.277 e. The number of ketones is 1. The maximum Gasteiger partial charge on any atom is 0.277 e. The Kier molecular flexibility index (Phi) is 4.35. The summed E-state index contributed by atoms with van der Waals surface area (Å²) in [6.07, 6.45) is 1.36. The Hall–Kier alpha value is -3.26. The third-order valence-corrected chi connectivity index (χ3v) is 5.24. The van der Waals surface area contributed by atoms with Crippen molar-refractivity contribution in [2.75, 3.05) is 0 Å². The Bertz CT molecular complexity index is 1360. The lowest BCUT2D eigenvalue weighted by Crippen LogP contribution is -2.23. The molecule has 4 rings (SSSR count). The van der Waals surface area contributed by atoms with Gasteiger partial charge in [0.2, 0.25) is 0 Å². The highest BCUT2D eigenvalue weighted by Crippen LogP contribution is 2.21. The highest BCUT2D eigenvalue weighted by atomic mass is 79.9. The van der Waals surface area contributed by atoms with Crippen molar-refractivity contribution in [3.8, 4) is 5.69 Å². The molecule has 0 unspecified atom stereocenters. The number of carbonyl (C=O) groups is 1. The summed E-state index contributed by atoms with van der Waals surface area (Å²) < 4.78 is 3.47. The van der Waals surface area contributed by atoms with Crippen LogP contribution < -0.4 is 11.1 Å². The van der Waals surface area contributed by atoms with E-state index in [0.29, 0.717) is 22.4 Å². The second-order valence-corrected chi connectivity index (χ2v) is 7.22. The lowest BCUT2D eigenvalue weighted by atomic mass is 10.0. The molecular weight excluding hydrogens is 424 g/mol. The van der Waals surface area contributed by atoms with Crippen molar-refractivity contribution in [3.63, 3.8) is 0 Å². The fourth-order valence-corrected chi connectivity index (χ4v) is 3.60. The third kappa shape index (κ3) is 2.82. The van der Waals surface area contributed by atoms with Crippen LogP contribution in [-0.4, -0.2) is 25.1 Å². The van der Waals surface area contributed by atoms with Gasteiger partial charge in [-0.1, -0.05) is 12.1 Å². The summed E-state index contributed by atoms with van der Waals surface area (Å²) >= 11 is 3.46. The molecule has 0 aliphatic heterocycles. The number of aromatic nitrogens is 4. The molecule has 28 heavy (non-hydrogen) atoms. The maximum absolute atomic E-state index is 13.2. The third-order valence-electron chi connectivity index (χ3n) is 4.57. The fourth-order valence-electron chi connectivity index (χ4n) is 3.14. The molecule has 7 nitrogen and oxygen atoms in total. The molecule has 0 bridgehead atoms. The number of H-pyrrole nitrogens is 1. The van der Waals surface area contributed by atoms with Crippen molar-refractivity contribution in [1.82, 2.24) is 19.3 Å². The Morgan fingerprint density at radius 1 is 1.11 bits per heavy atom. The first-order chi connectivity index (χ1) is 13.4. The molecular formula is C20H15BrN4O3. The van der Waals surface area contributed by atoms with Crippen molar-refractivity contribution < 1.29 is 4.79 Å². The van der Waals surface area contributed by atoms with Crippen LogP contribution in [0.3, 0.4) is 0 Å². The molecule has 0 amide bonds. The molecule has 2 heterocycles. The summed E-state index contributed by atoms with van der Waals surface area (Å²) in [4.78, 5) is 42.5. The summed E-state index contributed by atoms with van der Waals surface area (Å²) in [6.45, 7) is 1.75. The standard InChI is InChI=1S/C20H15BrN4O3/c1-11-23-16-8-7-12(18(26)14-10-22-24(2)19(14)27)9-13(16)20(28)25(11)17-6-4-3-5-15(17)21/h3-10,22H,1-2H3. The Balaban J connectivity index is 1.94. The zero-order valence-electron chi connectivity index (χ0n) is 15.1. The van der Waals surface area contributed by atoms with Gasteiger partial charge in [0.25, 0.3) is 11.1 Å². The summed E-state index contributed by atoms with van der Waals surface area (Å²) in [7, 11) is 1.53. The molecule has 140 valence electrons. The van der Waals surface area contributed by atoms with E-state index in [4.69, 9.17) is 0 Å². The molecule has 2 aromatic heterocycles. The number of rotatable bonds is 3. The second kappa shape index (κ2) is 6.72. The first-order valence-corrected chi connectivity index (χ1v) is 9.25. The molecule has 0 saturated heterocycles. The highest BCUT2D eigenvalue weighted by Gasteiger charge is 2.18. The number of halogens is 1. The van der Waals surface area contributed by atoms with E-state index in [0.717, 1.165) is 4.47 Å². The van der Waals surface area contributed by atoms with E-state index in [1.165, 1.54) is 28.6 Å². The first-order valence-electron chi connectivity index (χ1n) is 8.46. The van der Waals surface area contributed by atoms with Gasteiger partial charge in [0, 0.05) is 23.3 Å². The quantitative estimate of drug-likeness (QED) is 0.497. The normalized spacial score (nSPS) is 11.1. The van der Waals surface area contributed by atoms with Gasteiger partial charge < -0.3 is 5.10 Å². The molecule has 0 aliphatic carbocycles. The van der Waals surface area contributed by atoms with E-state index in [-0.39, 0.29) is 16.7 Å². The van der Waals surface area contributed by atoms with Crippen LogP contribution in [0.4, 0.5) is 0 Å². The van der Waals surface area contributed by atoms with Gasteiger partial charge in [-0.3, -0.25) is 23.6 Å². The van der Waals surface area contributed by atoms with E-state index in [1.807, 2.05) is 24.3 Å². The zero-order valence-corrected chi connectivity index (χ0v) is 16.6. The van der Waals surface area contributed by atoms with Crippen LogP contribution in [0, 0.1) is 6.92 Å². The predicted molar refractivity (Wildman–Crippen MR) is 109 cm³/mol. The molecule has 0 radical (unpaired) electrons. The number of carbonyl (C=O) groups excluding carboxylic acids is 1. The molecule has 2 aromatic carbocycles. The van der Waals surface area contributed by atoms with Crippen LogP contribution >= 0.6 is 15.9 Å². The summed E-state index contributed by atoms with van der Waals surface area (Å²) in [5.41, 5.74) is 0.724. The molecule has 0 saturated carbocycles. The van der Waals surface area contributed by atoms with Gasteiger partial charge in [-0.15, -0.1) is 0 Å². The van der Waals surface area contributed by atoms with Crippen LogP contribution in [0.1, 0.15) is 21.7 Å². The van der Waals surface area contributed by atoms with Crippen molar-refractivity contribution in [2.24, 2.45) is 7.05 Å². The lowest BCUT2D eigenvalue weighted by Gasteiger charge is -2.12. The minimum atomic E-state index is -0.448. The number of nitrogens with zero attached hydrogens (tertiary/aromatic N) is 3. The molecule has 0 fully saturated rings. The first kappa shape index (κ1) is 18.1. The van der Waals surface area contributed by atoms with E-state index < -0.39 is 11.3 Å². The fraction of sp³-hybridized carbons (Fsp3) is 0.100. The average molecular weight is 439 g/mol. The monoisotopic (exact) mass is 438 g/mol. The van der Waals surface area contributed by atoms with E-state index >= 15 is 0 Å². The van der Waals surface area contributed by atoms with Crippen molar-refractivity contribution >= 4 is 32.6 Å². The number of para-hydroxylation sites is 1. The van der Waals surface area contributed by atoms with Crippen molar-refractivity contribution in [2.45, 2.75) is 6.92 Å². The number of hydrogen-bond donors (Lipinski definition) is 1. The van der Waals surface area contributed by atoms with Crippen LogP contribution in [0.5, 0.6) is 0 Å². The van der Waals surface area contributed by atoms with Gasteiger partial charge >= 0.3 is 0 Å². The number of nitrogens with one attached hydrogen (secondary N) is 1. The van der Waals surface area contributed by atoms with E-state index in [1.54, 1.807) is 19.1 Å². The Labute approximate surface area is 167 Å². The minimum absolute atomic E-state index is 0.0213. The summed E-state index contributed by atoms with van der Waals surface area (Å²) in [5, 5.41) is 2.99. The van der Waals surface area contributed by atoms with Crippen molar-refractivity contribution in [1.29, 1.82) is 0 Å². The Morgan fingerprint density at radius 2 is 1.86 bits per heavy atom. The van der Waals surface area contributed by atoms with Gasteiger partial charge in [-0.25, -0.2) is 4.98 Å². The highest BCUT2D eigenvalue weighted by molar-refractivity contribution is 9.10. The maximum atomic E-state index is 13.2. The number of fused-ring (bicyclic) bond motifs is 1. The van der Waals surface area contributed by atoms with Crippen molar-refractivity contribution in [3.05, 3.63) is 90.8 Å². The second-order valence-electron chi connectivity index (χ2n) is 6.36. The summed E-state index contributed by atoms with van der Waals surface area (Å²) in [5.74, 6) is 0.0825. The molecule has 0 atom stereocenters. The zero-order chi connectivity index (χ0) is 20.0. The average Bonchev–Trinajstić information content (AvgIpc) is 3.01. The van der Waals surface area contributed by atoms with E-state index in [2.05, 4.69) is 26.0 Å². The molecule has 0 aliphatic rings. The SMILES string of the molecule is Cc1nc2ccc(C(=O)c3c[nH]n(C)c3=O)cc2c(=O)n1-c1ccccc1Br. The number of hydrogen-bond acceptors (Lipinski definition) is 4. The molecule has 8 heteroatoms. The number of benzene rings is 2. The van der Waals surface area contributed by atoms with Gasteiger partial charge in [0.15, 0.2) is 5.78 Å².